The molecule has 0 aliphatic rings. The van der Waals surface area contributed by atoms with E-state index in [9.17, 15) is 4.79 Å². The van der Waals surface area contributed by atoms with Gasteiger partial charge in [-0.1, -0.05) is 6.07 Å². The number of hydrogen-bond donors (Lipinski definition) is 0. The van der Waals surface area contributed by atoms with E-state index in [1.807, 2.05) is 25.1 Å². The van der Waals surface area contributed by atoms with Crippen LogP contribution in [0.25, 0.3) is 5.65 Å². The third-order valence-electron chi connectivity index (χ3n) is 2.37. The predicted octanol–water partition coefficient (Wildman–Crippen LogP) is 1.71. The number of pyridine rings is 1. The third kappa shape index (κ3) is 2.11. The van der Waals surface area contributed by atoms with Crippen molar-refractivity contribution in [3.8, 4) is 6.07 Å². The normalized spacial score (nSPS) is 12.1. The number of carbonyl (C=O) groups excluding carboxylic acids is 1. The smallest absolute Gasteiger partial charge is 0.359 e. The molecule has 0 fully saturated rings. The van der Waals surface area contributed by atoms with Crippen molar-refractivity contribution < 1.29 is 9.53 Å². The first-order valence-electron chi connectivity index (χ1n) is 5.17. The van der Waals surface area contributed by atoms with Crippen molar-refractivity contribution in [3.05, 3.63) is 35.8 Å². The summed E-state index contributed by atoms with van der Waals surface area (Å²) in [6.45, 7) is 3.43. The first kappa shape index (κ1) is 11.1. The van der Waals surface area contributed by atoms with Gasteiger partial charge in [-0.2, -0.15) is 5.26 Å². The van der Waals surface area contributed by atoms with E-state index in [1.165, 1.54) is 6.92 Å². The minimum atomic E-state index is -0.770. The van der Waals surface area contributed by atoms with Crippen molar-refractivity contribution in [3.63, 3.8) is 0 Å². The van der Waals surface area contributed by atoms with Crippen LogP contribution in [0.4, 0.5) is 0 Å². The number of ether oxygens (including phenoxy) is 1. The molecule has 0 aliphatic heterocycles. The summed E-state index contributed by atoms with van der Waals surface area (Å²) >= 11 is 0. The molecule has 2 aromatic heterocycles. The molecular formula is C12H11N3O2. The Kier molecular flexibility index (Phi) is 2.79. The van der Waals surface area contributed by atoms with Gasteiger partial charge in [0.15, 0.2) is 11.8 Å². The number of rotatable bonds is 2. The highest BCUT2D eigenvalue weighted by Crippen LogP contribution is 2.09. The highest BCUT2D eigenvalue weighted by atomic mass is 16.5. The van der Waals surface area contributed by atoms with E-state index >= 15 is 0 Å². The summed E-state index contributed by atoms with van der Waals surface area (Å²) in [6, 6.07) is 7.42. The third-order valence-corrected chi connectivity index (χ3v) is 2.37. The van der Waals surface area contributed by atoms with E-state index in [1.54, 1.807) is 16.7 Å². The van der Waals surface area contributed by atoms with Gasteiger partial charge in [0.25, 0.3) is 0 Å². The molecule has 1 unspecified atom stereocenters. The molecule has 1 atom stereocenters. The number of aromatic nitrogens is 2. The van der Waals surface area contributed by atoms with Crippen LogP contribution in [0.3, 0.4) is 0 Å². The SMILES string of the molecule is Cc1cccc2nc(C(=O)OC(C)C#N)cn12. The lowest BCUT2D eigenvalue weighted by Crippen LogP contribution is -2.13. The van der Waals surface area contributed by atoms with Crippen LogP contribution >= 0.6 is 0 Å². The fourth-order valence-electron chi connectivity index (χ4n) is 1.49. The van der Waals surface area contributed by atoms with Crippen molar-refractivity contribution in [2.45, 2.75) is 20.0 Å². The van der Waals surface area contributed by atoms with E-state index < -0.39 is 12.1 Å². The zero-order chi connectivity index (χ0) is 12.4. The van der Waals surface area contributed by atoms with Crippen LogP contribution in [-0.4, -0.2) is 21.5 Å². The maximum atomic E-state index is 11.6. The molecule has 0 saturated carbocycles. The highest BCUT2D eigenvalue weighted by molar-refractivity contribution is 5.88. The Bertz CT molecular complexity index is 610. The van der Waals surface area contributed by atoms with Gasteiger partial charge in [0.2, 0.25) is 0 Å². The Balaban J connectivity index is 2.34. The van der Waals surface area contributed by atoms with E-state index in [-0.39, 0.29) is 5.69 Å². The van der Waals surface area contributed by atoms with Gasteiger partial charge in [0.05, 0.1) is 0 Å². The Morgan fingerprint density at radius 2 is 2.35 bits per heavy atom. The topological polar surface area (TPSA) is 67.4 Å². The molecule has 0 amide bonds. The zero-order valence-electron chi connectivity index (χ0n) is 9.54. The Hall–Kier alpha value is -2.35. The number of carbonyl (C=O) groups is 1. The zero-order valence-corrected chi connectivity index (χ0v) is 9.54. The molecule has 2 aromatic rings. The minimum Gasteiger partial charge on any atom is -0.442 e. The van der Waals surface area contributed by atoms with Gasteiger partial charge < -0.3 is 9.14 Å². The molecule has 2 rings (SSSR count). The molecule has 0 bridgehead atoms. The van der Waals surface area contributed by atoms with E-state index in [0.29, 0.717) is 5.65 Å². The van der Waals surface area contributed by atoms with Crippen LogP contribution in [0.1, 0.15) is 23.1 Å². The van der Waals surface area contributed by atoms with Gasteiger partial charge in [-0.15, -0.1) is 0 Å². The standard InChI is InChI=1S/C12H11N3O2/c1-8-4-3-5-11-14-10(7-15(8)11)12(16)17-9(2)6-13/h3-5,7,9H,1-2H3. The summed E-state index contributed by atoms with van der Waals surface area (Å²) in [4.78, 5) is 15.8. The fourth-order valence-corrected chi connectivity index (χ4v) is 1.49. The fraction of sp³-hybridized carbons (Fsp3) is 0.250. The summed E-state index contributed by atoms with van der Waals surface area (Å²) in [7, 11) is 0. The Morgan fingerprint density at radius 1 is 1.59 bits per heavy atom. The molecule has 0 saturated heterocycles. The molecule has 0 radical (unpaired) electrons. The highest BCUT2D eigenvalue weighted by Gasteiger charge is 2.15. The molecule has 0 aromatic carbocycles. The lowest BCUT2D eigenvalue weighted by Gasteiger charge is -2.02. The molecular weight excluding hydrogens is 218 g/mol. The monoisotopic (exact) mass is 229 g/mol. The summed E-state index contributed by atoms with van der Waals surface area (Å²) in [5.74, 6) is -0.581. The minimum absolute atomic E-state index is 0.210. The van der Waals surface area contributed by atoms with Crippen molar-refractivity contribution in [2.24, 2.45) is 0 Å². The Morgan fingerprint density at radius 3 is 3.00 bits per heavy atom. The molecule has 17 heavy (non-hydrogen) atoms. The van der Waals surface area contributed by atoms with Gasteiger partial charge in [0, 0.05) is 11.9 Å². The van der Waals surface area contributed by atoms with Gasteiger partial charge >= 0.3 is 5.97 Å². The number of esters is 1. The maximum absolute atomic E-state index is 11.6. The van der Waals surface area contributed by atoms with Crippen LogP contribution in [0.5, 0.6) is 0 Å². The summed E-state index contributed by atoms with van der Waals surface area (Å²) in [5, 5.41) is 8.56. The average Bonchev–Trinajstić information content (AvgIpc) is 2.74. The number of nitrogens with zero attached hydrogens (tertiary/aromatic N) is 3. The number of nitriles is 1. The van der Waals surface area contributed by atoms with E-state index in [0.717, 1.165) is 5.69 Å². The molecule has 0 aliphatic carbocycles. The van der Waals surface area contributed by atoms with Crippen LogP contribution in [0.2, 0.25) is 0 Å². The maximum Gasteiger partial charge on any atom is 0.359 e. The predicted molar refractivity (Wildman–Crippen MR) is 60.4 cm³/mol. The Labute approximate surface area is 98.3 Å². The first-order chi connectivity index (χ1) is 8.11. The van der Waals surface area contributed by atoms with Crippen molar-refractivity contribution >= 4 is 11.6 Å². The summed E-state index contributed by atoms with van der Waals surface area (Å²) in [5.41, 5.74) is 1.87. The second kappa shape index (κ2) is 4.26. The quantitative estimate of drug-likeness (QED) is 0.735. The van der Waals surface area contributed by atoms with E-state index in [2.05, 4.69) is 4.98 Å². The first-order valence-corrected chi connectivity index (χ1v) is 5.17. The lowest BCUT2D eigenvalue weighted by molar-refractivity contribution is 0.0429. The number of imidazole rings is 1. The van der Waals surface area contributed by atoms with E-state index in [4.69, 9.17) is 10.00 Å². The number of aryl methyl sites for hydroxylation is 1. The lowest BCUT2D eigenvalue weighted by atomic mass is 10.4. The second-order valence-electron chi connectivity index (χ2n) is 3.70. The molecule has 5 nitrogen and oxygen atoms in total. The van der Waals surface area contributed by atoms with Gasteiger partial charge in [0.1, 0.15) is 11.7 Å². The van der Waals surface area contributed by atoms with Crippen molar-refractivity contribution in [1.82, 2.24) is 9.38 Å². The van der Waals surface area contributed by atoms with Gasteiger partial charge in [-0.3, -0.25) is 0 Å². The molecule has 2 heterocycles. The molecule has 0 N–H and O–H groups in total. The summed E-state index contributed by atoms with van der Waals surface area (Å²) in [6.07, 6.45) is 0.838. The second-order valence-corrected chi connectivity index (χ2v) is 3.70. The molecule has 5 heteroatoms. The van der Waals surface area contributed by atoms with Crippen LogP contribution in [0.15, 0.2) is 24.4 Å². The van der Waals surface area contributed by atoms with Crippen molar-refractivity contribution in [2.75, 3.05) is 0 Å². The van der Waals surface area contributed by atoms with Crippen molar-refractivity contribution in [1.29, 1.82) is 5.26 Å². The molecule has 86 valence electrons. The number of fused-ring (bicyclic) bond motifs is 1. The summed E-state index contributed by atoms with van der Waals surface area (Å²) < 4.78 is 6.68. The van der Waals surface area contributed by atoms with Gasteiger partial charge in [-0.25, -0.2) is 9.78 Å². The largest absolute Gasteiger partial charge is 0.442 e. The molecule has 0 spiro atoms. The van der Waals surface area contributed by atoms with Crippen LogP contribution < -0.4 is 0 Å². The number of hydrogen-bond acceptors (Lipinski definition) is 4. The average molecular weight is 229 g/mol. The van der Waals surface area contributed by atoms with Gasteiger partial charge in [-0.05, 0) is 26.0 Å². The van der Waals surface area contributed by atoms with Crippen LogP contribution in [-0.2, 0) is 4.74 Å². The van der Waals surface area contributed by atoms with Crippen LogP contribution in [0, 0.1) is 18.3 Å².